The van der Waals surface area contributed by atoms with Crippen molar-refractivity contribution in [1.29, 1.82) is 0 Å². The summed E-state index contributed by atoms with van der Waals surface area (Å²) < 4.78 is 10.5. The molecule has 2 aromatic rings. The van der Waals surface area contributed by atoms with Crippen LogP contribution in [-0.2, 0) is 6.54 Å². The summed E-state index contributed by atoms with van der Waals surface area (Å²) in [5.41, 5.74) is 1.27. The van der Waals surface area contributed by atoms with E-state index in [1.807, 2.05) is 12.1 Å². The summed E-state index contributed by atoms with van der Waals surface area (Å²) in [5.74, 6) is 2.11. The van der Waals surface area contributed by atoms with E-state index in [4.69, 9.17) is 9.47 Å². The van der Waals surface area contributed by atoms with E-state index in [-0.39, 0.29) is 0 Å². The molecule has 0 spiro atoms. The normalized spacial score (nSPS) is 18.2. The summed E-state index contributed by atoms with van der Waals surface area (Å²) in [6.07, 6.45) is 3.99. The maximum Gasteiger partial charge on any atom is 0.226 e. The lowest BCUT2D eigenvalue weighted by Crippen LogP contribution is -2.41. The minimum Gasteiger partial charge on any atom is -0.497 e. The van der Waals surface area contributed by atoms with Gasteiger partial charge in [0.05, 0.1) is 14.2 Å². The van der Waals surface area contributed by atoms with E-state index in [0.29, 0.717) is 17.9 Å². The van der Waals surface area contributed by atoms with Crippen molar-refractivity contribution in [3.8, 4) is 11.6 Å². The molecule has 1 aliphatic heterocycles. The molecule has 1 atom stereocenters. The fourth-order valence-electron chi connectivity index (χ4n) is 3.05. The van der Waals surface area contributed by atoms with Crippen molar-refractivity contribution in [2.45, 2.75) is 25.4 Å². The first-order chi connectivity index (χ1) is 11.8. The summed E-state index contributed by atoms with van der Waals surface area (Å²) in [6.45, 7) is 3.00. The molecule has 128 valence electrons. The lowest BCUT2D eigenvalue weighted by atomic mass is 10.0. The zero-order valence-corrected chi connectivity index (χ0v) is 14.2. The van der Waals surface area contributed by atoms with Crippen LogP contribution in [0.3, 0.4) is 0 Å². The van der Waals surface area contributed by atoms with Gasteiger partial charge in [0.25, 0.3) is 0 Å². The molecular formula is C18H24N4O2. The summed E-state index contributed by atoms with van der Waals surface area (Å²) in [7, 11) is 3.32. The number of methoxy groups -OCH3 is 2. The Hall–Kier alpha value is -2.34. The molecule has 1 N–H and O–H groups in total. The van der Waals surface area contributed by atoms with Crippen LogP contribution in [0.1, 0.15) is 18.4 Å². The van der Waals surface area contributed by atoms with Gasteiger partial charge < -0.3 is 14.8 Å². The van der Waals surface area contributed by atoms with Crippen molar-refractivity contribution < 1.29 is 9.47 Å². The van der Waals surface area contributed by atoms with Gasteiger partial charge in [-0.1, -0.05) is 12.1 Å². The summed E-state index contributed by atoms with van der Waals surface area (Å²) in [4.78, 5) is 11.1. The Morgan fingerprint density at radius 2 is 2.17 bits per heavy atom. The number of anilines is 1. The second-order valence-corrected chi connectivity index (χ2v) is 5.99. The van der Waals surface area contributed by atoms with E-state index in [1.54, 1.807) is 26.5 Å². The number of ether oxygens (including phenoxy) is 2. The Morgan fingerprint density at radius 3 is 3.00 bits per heavy atom. The maximum absolute atomic E-state index is 5.31. The molecule has 0 radical (unpaired) electrons. The Labute approximate surface area is 142 Å². The summed E-state index contributed by atoms with van der Waals surface area (Å²) in [6, 6.07) is 10.4. The summed E-state index contributed by atoms with van der Waals surface area (Å²) >= 11 is 0. The molecule has 0 aliphatic carbocycles. The van der Waals surface area contributed by atoms with E-state index < -0.39 is 0 Å². The predicted octanol–water partition coefficient (Wildman–Crippen LogP) is 2.57. The van der Waals surface area contributed by atoms with E-state index in [9.17, 15) is 0 Å². The van der Waals surface area contributed by atoms with Gasteiger partial charge in [-0.3, -0.25) is 4.90 Å². The molecular weight excluding hydrogens is 304 g/mol. The third kappa shape index (κ3) is 4.35. The van der Waals surface area contributed by atoms with Crippen LogP contribution >= 0.6 is 0 Å². The zero-order chi connectivity index (χ0) is 16.8. The largest absolute Gasteiger partial charge is 0.497 e. The SMILES string of the molecule is COc1cccc(CN2CCC[C@@H](Nc3nccc(OC)n3)C2)c1. The van der Waals surface area contributed by atoms with Crippen LogP contribution < -0.4 is 14.8 Å². The number of nitrogens with zero attached hydrogens (tertiary/aromatic N) is 3. The Morgan fingerprint density at radius 1 is 1.25 bits per heavy atom. The second kappa shape index (κ2) is 7.97. The smallest absolute Gasteiger partial charge is 0.226 e. The van der Waals surface area contributed by atoms with Crippen LogP contribution in [-0.4, -0.2) is 48.2 Å². The van der Waals surface area contributed by atoms with Gasteiger partial charge in [-0.05, 0) is 37.1 Å². The molecule has 2 heterocycles. The van der Waals surface area contributed by atoms with Crippen LogP contribution in [0, 0.1) is 0 Å². The van der Waals surface area contributed by atoms with E-state index in [1.165, 1.54) is 5.56 Å². The predicted molar refractivity (Wildman–Crippen MR) is 93.5 cm³/mol. The van der Waals surface area contributed by atoms with Crippen LogP contribution in [0.25, 0.3) is 0 Å². The van der Waals surface area contributed by atoms with Crippen LogP contribution in [0.4, 0.5) is 5.95 Å². The molecule has 3 rings (SSSR count). The van der Waals surface area contributed by atoms with Gasteiger partial charge in [0, 0.05) is 31.4 Å². The monoisotopic (exact) mass is 328 g/mol. The van der Waals surface area contributed by atoms with Crippen molar-refractivity contribution in [2.75, 3.05) is 32.6 Å². The van der Waals surface area contributed by atoms with Crippen molar-refractivity contribution in [3.05, 3.63) is 42.1 Å². The van der Waals surface area contributed by atoms with Gasteiger partial charge in [0.1, 0.15) is 5.75 Å². The molecule has 6 nitrogen and oxygen atoms in total. The molecule has 0 amide bonds. The van der Waals surface area contributed by atoms with E-state index in [2.05, 4.69) is 32.3 Å². The number of hydrogen-bond acceptors (Lipinski definition) is 6. The number of benzene rings is 1. The van der Waals surface area contributed by atoms with Crippen LogP contribution in [0.5, 0.6) is 11.6 Å². The number of piperidine rings is 1. The van der Waals surface area contributed by atoms with Crippen molar-refractivity contribution in [3.63, 3.8) is 0 Å². The highest BCUT2D eigenvalue weighted by molar-refractivity contribution is 5.30. The van der Waals surface area contributed by atoms with Crippen molar-refractivity contribution in [1.82, 2.24) is 14.9 Å². The zero-order valence-electron chi connectivity index (χ0n) is 14.2. The molecule has 0 unspecified atom stereocenters. The third-order valence-corrected chi connectivity index (χ3v) is 4.22. The number of likely N-dealkylation sites (tertiary alicyclic amines) is 1. The molecule has 1 aromatic heterocycles. The molecule has 24 heavy (non-hydrogen) atoms. The quantitative estimate of drug-likeness (QED) is 0.879. The highest BCUT2D eigenvalue weighted by Gasteiger charge is 2.20. The maximum atomic E-state index is 5.31. The van der Waals surface area contributed by atoms with Crippen molar-refractivity contribution in [2.24, 2.45) is 0 Å². The van der Waals surface area contributed by atoms with Gasteiger partial charge in [-0.25, -0.2) is 4.98 Å². The number of aromatic nitrogens is 2. The van der Waals surface area contributed by atoms with Crippen LogP contribution in [0.2, 0.25) is 0 Å². The minimum atomic E-state index is 0.344. The first kappa shape index (κ1) is 16.5. The Bertz CT molecular complexity index is 609. The van der Waals surface area contributed by atoms with E-state index >= 15 is 0 Å². The van der Waals surface area contributed by atoms with Gasteiger partial charge in [0.15, 0.2) is 0 Å². The topological polar surface area (TPSA) is 59.5 Å². The molecule has 0 saturated carbocycles. The average molecular weight is 328 g/mol. The second-order valence-electron chi connectivity index (χ2n) is 5.99. The number of nitrogens with one attached hydrogen (secondary N) is 1. The van der Waals surface area contributed by atoms with Crippen molar-refractivity contribution >= 4 is 5.95 Å². The first-order valence-corrected chi connectivity index (χ1v) is 8.25. The van der Waals surface area contributed by atoms with Gasteiger partial charge in [-0.15, -0.1) is 0 Å². The fraction of sp³-hybridized carbons (Fsp3) is 0.444. The fourth-order valence-corrected chi connectivity index (χ4v) is 3.05. The third-order valence-electron chi connectivity index (χ3n) is 4.22. The molecule has 1 aliphatic rings. The molecule has 6 heteroatoms. The number of rotatable bonds is 6. The highest BCUT2D eigenvalue weighted by Crippen LogP contribution is 2.19. The van der Waals surface area contributed by atoms with Gasteiger partial charge in [0.2, 0.25) is 11.8 Å². The molecule has 1 fully saturated rings. The van der Waals surface area contributed by atoms with Gasteiger partial charge >= 0.3 is 0 Å². The lowest BCUT2D eigenvalue weighted by Gasteiger charge is -2.33. The lowest BCUT2D eigenvalue weighted by molar-refractivity contribution is 0.208. The van der Waals surface area contributed by atoms with Crippen LogP contribution in [0.15, 0.2) is 36.5 Å². The first-order valence-electron chi connectivity index (χ1n) is 8.25. The summed E-state index contributed by atoms with van der Waals surface area (Å²) in [5, 5.41) is 3.43. The molecule has 0 bridgehead atoms. The van der Waals surface area contributed by atoms with E-state index in [0.717, 1.165) is 38.2 Å². The van der Waals surface area contributed by atoms with Gasteiger partial charge in [-0.2, -0.15) is 4.98 Å². The average Bonchev–Trinajstić information content (AvgIpc) is 2.62. The Balaban J connectivity index is 1.59. The minimum absolute atomic E-state index is 0.344. The Kier molecular flexibility index (Phi) is 5.48. The standard InChI is InChI=1S/C18H24N4O2/c1-23-16-7-3-5-14(11-16)12-22-10-4-6-15(13-22)20-18-19-9-8-17(21-18)24-2/h3,5,7-9,11,15H,4,6,10,12-13H2,1-2H3,(H,19,20,21)/t15-/m1/s1. The molecule has 1 aromatic carbocycles. The molecule has 1 saturated heterocycles. The number of hydrogen-bond donors (Lipinski definition) is 1. The highest BCUT2D eigenvalue weighted by atomic mass is 16.5.